The summed E-state index contributed by atoms with van der Waals surface area (Å²) in [5.41, 5.74) is 0.706. The van der Waals surface area contributed by atoms with E-state index in [0.29, 0.717) is 26.6 Å². The number of nitrogens with zero attached hydrogens (tertiary/aromatic N) is 1. The van der Waals surface area contributed by atoms with Gasteiger partial charge < -0.3 is 10.1 Å². The normalized spacial score (nSPS) is 11.2. The molecule has 0 bridgehead atoms. The van der Waals surface area contributed by atoms with Gasteiger partial charge in [0.25, 0.3) is 5.91 Å². The molecule has 0 radical (unpaired) electrons. The average molecular weight is 369 g/mol. The van der Waals surface area contributed by atoms with Gasteiger partial charge in [-0.3, -0.25) is 4.79 Å². The third-order valence-electron chi connectivity index (χ3n) is 2.68. The van der Waals surface area contributed by atoms with Gasteiger partial charge >= 0.3 is 0 Å². The summed E-state index contributed by atoms with van der Waals surface area (Å²) in [5.74, 6) is 0.284. The van der Waals surface area contributed by atoms with Crippen molar-refractivity contribution in [2.75, 3.05) is 12.9 Å². The molecule has 1 amide bonds. The van der Waals surface area contributed by atoms with Crippen LogP contribution >= 0.6 is 35.0 Å². The van der Waals surface area contributed by atoms with Gasteiger partial charge in [-0.1, -0.05) is 35.0 Å². The highest BCUT2D eigenvalue weighted by atomic mass is 35.5. The molecule has 0 aliphatic carbocycles. The lowest BCUT2D eigenvalue weighted by Gasteiger charge is -2.08. The molecule has 2 aromatic rings. The molecule has 23 heavy (non-hydrogen) atoms. The second-order valence-corrected chi connectivity index (χ2v) is 6.06. The van der Waals surface area contributed by atoms with E-state index in [0.717, 1.165) is 0 Å². The molecule has 0 aromatic heterocycles. The fourth-order valence-electron chi connectivity index (χ4n) is 1.59. The highest BCUT2D eigenvalue weighted by molar-refractivity contribution is 8.13. The predicted octanol–water partition coefficient (Wildman–Crippen LogP) is 4.54. The van der Waals surface area contributed by atoms with Gasteiger partial charge in [0.2, 0.25) is 0 Å². The molecule has 120 valence electrons. The second-order valence-electron chi connectivity index (χ2n) is 4.39. The molecular weight excluding hydrogens is 355 g/mol. The molecule has 0 unspecified atom stereocenters. The minimum atomic E-state index is -0.290. The highest BCUT2D eigenvalue weighted by Gasteiger charge is 2.07. The molecule has 0 aliphatic heterocycles. The van der Waals surface area contributed by atoms with Crippen molar-refractivity contribution in [3.63, 3.8) is 0 Å². The summed E-state index contributed by atoms with van der Waals surface area (Å²) in [6, 6.07) is 13.8. The SMILES string of the molecule is CSC(=Nc1ccc(Cl)cc1)NC(=O)COc1ccc(Cl)cc1. The number of ether oxygens (including phenoxy) is 1. The summed E-state index contributed by atoms with van der Waals surface area (Å²) in [4.78, 5) is 16.3. The van der Waals surface area contributed by atoms with Gasteiger partial charge in [0.15, 0.2) is 11.8 Å². The van der Waals surface area contributed by atoms with E-state index in [1.54, 1.807) is 48.5 Å². The Morgan fingerprint density at radius 2 is 1.65 bits per heavy atom. The first-order chi connectivity index (χ1) is 11.1. The van der Waals surface area contributed by atoms with Crippen molar-refractivity contribution in [1.82, 2.24) is 5.32 Å². The first-order valence-corrected chi connectivity index (χ1v) is 8.61. The summed E-state index contributed by atoms with van der Waals surface area (Å²) in [7, 11) is 0. The molecule has 1 N–H and O–H groups in total. The molecule has 0 spiro atoms. The maximum Gasteiger partial charge on any atom is 0.263 e. The van der Waals surface area contributed by atoms with Crippen LogP contribution in [0.5, 0.6) is 5.75 Å². The Morgan fingerprint density at radius 1 is 1.09 bits per heavy atom. The number of halogens is 2. The van der Waals surface area contributed by atoms with Crippen molar-refractivity contribution in [1.29, 1.82) is 0 Å². The van der Waals surface area contributed by atoms with E-state index in [2.05, 4.69) is 10.3 Å². The van der Waals surface area contributed by atoms with Crippen molar-refractivity contribution >= 4 is 51.7 Å². The van der Waals surface area contributed by atoms with E-state index in [9.17, 15) is 4.79 Å². The largest absolute Gasteiger partial charge is 0.484 e. The molecule has 0 fully saturated rings. The number of amidine groups is 1. The number of nitrogens with one attached hydrogen (secondary N) is 1. The van der Waals surface area contributed by atoms with Crippen LogP contribution in [0, 0.1) is 0 Å². The molecule has 0 atom stereocenters. The van der Waals surface area contributed by atoms with Crippen LogP contribution in [-0.2, 0) is 4.79 Å². The number of hydrogen-bond donors (Lipinski definition) is 1. The van der Waals surface area contributed by atoms with Crippen molar-refractivity contribution < 1.29 is 9.53 Å². The Hall–Kier alpha value is -1.69. The minimum absolute atomic E-state index is 0.109. The van der Waals surface area contributed by atoms with Crippen LogP contribution in [0.3, 0.4) is 0 Å². The fourth-order valence-corrected chi connectivity index (χ4v) is 2.26. The Morgan fingerprint density at radius 3 is 2.22 bits per heavy atom. The number of benzene rings is 2. The van der Waals surface area contributed by atoms with Crippen LogP contribution in [0.4, 0.5) is 5.69 Å². The van der Waals surface area contributed by atoms with Gasteiger partial charge in [-0.2, -0.15) is 0 Å². The van der Waals surface area contributed by atoms with E-state index >= 15 is 0 Å². The molecule has 0 aliphatic rings. The quantitative estimate of drug-likeness (QED) is 0.636. The van der Waals surface area contributed by atoms with Crippen molar-refractivity contribution in [3.05, 3.63) is 58.6 Å². The fraction of sp³-hybridized carbons (Fsp3) is 0.125. The third kappa shape index (κ3) is 6.14. The maximum atomic E-state index is 11.9. The van der Waals surface area contributed by atoms with Crippen LogP contribution < -0.4 is 10.1 Å². The van der Waals surface area contributed by atoms with Crippen molar-refractivity contribution in [2.45, 2.75) is 0 Å². The molecule has 0 heterocycles. The van der Waals surface area contributed by atoms with E-state index in [4.69, 9.17) is 27.9 Å². The molecule has 0 saturated heterocycles. The Kier molecular flexibility index (Phi) is 6.77. The van der Waals surface area contributed by atoms with Gasteiger partial charge in [0, 0.05) is 10.0 Å². The summed E-state index contributed by atoms with van der Waals surface area (Å²) in [5, 5.41) is 4.43. The highest BCUT2D eigenvalue weighted by Crippen LogP contribution is 2.18. The first kappa shape index (κ1) is 17.7. The van der Waals surface area contributed by atoms with Gasteiger partial charge in [-0.05, 0) is 54.8 Å². The van der Waals surface area contributed by atoms with E-state index in [-0.39, 0.29) is 12.5 Å². The lowest BCUT2D eigenvalue weighted by Crippen LogP contribution is -2.32. The maximum absolute atomic E-state index is 11.9. The minimum Gasteiger partial charge on any atom is -0.484 e. The first-order valence-electron chi connectivity index (χ1n) is 6.63. The Labute approximate surface area is 148 Å². The number of carbonyl (C=O) groups is 1. The Balaban J connectivity index is 1.91. The molecule has 7 heteroatoms. The van der Waals surface area contributed by atoms with Crippen molar-refractivity contribution in [2.24, 2.45) is 4.99 Å². The van der Waals surface area contributed by atoms with Gasteiger partial charge in [-0.15, -0.1) is 0 Å². The topological polar surface area (TPSA) is 50.7 Å². The number of rotatable bonds is 4. The van der Waals surface area contributed by atoms with Crippen LogP contribution in [-0.4, -0.2) is 23.9 Å². The summed E-state index contributed by atoms with van der Waals surface area (Å²) < 4.78 is 5.38. The lowest BCUT2D eigenvalue weighted by molar-refractivity contribution is -0.121. The monoisotopic (exact) mass is 368 g/mol. The Bertz CT molecular complexity index is 688. The van der Waals surface area contributed by atoms with Crippen LogP contribution in [0.25, 0.3) is 0 Å². The molecule has 0 saturated carbocycles. The van der Waals surface area contributed by atoms with E-state index < -0.39 is 0 Å². The lowest BCUT2D eigenvalue weighted by atomic mass is 10.3. The third-order valence-corrected chi connectivity index (χ3v) is 3.76. The summed E-state index contributed by atoms with van der Waals surface area (Å²) in [6.45, 7) is -0.109. The van der Waals surface area contributed by atoms with E-state index in [1.165, 1.54) is 11.8 Å². The van der Waals surface area contributed by atoms with Crippen LogP contribution in [0.2, 0.25) is 10.0 Å². The number of hydrogen-bond acceptors (Lipinski definition) is 4. The summed E-state index contributed by atoms with van der Waals surface area (Å²) in [6.07, 6.45) is 1.83. The van der Waals surface area contributed by atoms with Crippen LogP contribution in [0.15, 0.2) is 53.5 Å². The zero-order valence-electron chi connectivity index (χ0n) is 12.3. The van der Waals surface area contributed by atoms with Gasteiger partial charge in [0.1, 0.15) is 5.75 Å². The molecule has 4 nitrogen and oxygen atoms in total. The second kappa shape index (κ2) is 8.82. The smallest absolute Gasteiger partial charge is 0.263 e. The van der Waals surface area contributed by atoms with Crippen LogP contribution in [0.1, 0.15) is 0 Å². The van der Waals surface area contributed by atoms with Gasteiger partial charge in [-0.25, -0.2) is 4.99 Å². The molecule has 2 aromatic carbocycles. The zero-order valence-corrected chi connectivity index (χ0v) is 14.6. The zero-order chi connectivity index (χ0) is 16.7. The number of carbonyl (C=O) groups excluding carboxylic acids is 1. The number of aliphatic imine (C=N–C) groups is 1. The van der Waals surface area contributed by atoms with Crippen molar-refractivity contribution in [3.8, 4) is 5.75 Å². The standard InChI is InChI=1S/C16H14Cl2N2O2S/c1-23-16(19-13-6-2-11(17)3-7-13)20-15(21)10-22-14-8-4-12(18)5-9-14/h2-9H,10H2,1H3,(H,19,20,21). The average Bonchev–Trinajstić information content (AvgIpc) is 2.55. The van der Waals surface area contributed by atoms with Gasteiger partial charge in [0.05, 0.1) is 5.69 Å². The summed E-state index contributed by atoms with van der Waals surface area (Å²) >= 11 is 12.9. The predicted molar refractivity (Wildman–Crippen MR) is 97.2 cm³/mol. The molecular formula is C16H14Cl2N2O2S. The number of thioether (sulfide) groups is 1. The number of amides is 1. The molecule has 2 rings (SSSR count). The van der Waals surface area contributed by atoms with E-state index in [1.807, 2.05) is 6.26 Å².